The minimum Gasteiger partial charge on any atom is -0.0843 e. The van der Waals surface area contributed by atoms with Gasteiger partial charge in [0.15, 0.2) is 0 Å². The van der Waals surface area contributed by atoms with Crippen LogP contribution in [0.5, 0.6) is 0 Å². The average Bonchev–Trinajstić information content (AvgIpc) is 2.48. The summed E-state index contributed by atoms with van der Waals surface area (Å²) in [7, 11) is 0. The minimum absolute atomic E-state index is 0.347. The molecule has 2 heteroatoms. The molecule has 0 aliphatic heterocycles. The van der Waals surface area contributed by atoms with E-state index in [0.717, 1.165) is 24.3 Å². The highest BCUT2D eigenvalue weighted by molar-refractivity contribution is 9.09. The molecule has 0 radical (unpaired) electrons. The molecule has 106 valence electrons. The van der Waals surface area contributed by atoms with Crippen molar-refractivity contribution >= 4 is 27.5 Å². The van der Waals surface area contributed by atoms with Crippen LogP contribution in [0.2, 0.25) is 5.02 Å². The molecule has 0 saturated carbocycles. The molecule has 1 unspecified atom stereocenters. The van der Waals surface area contributed by atoms with E-state index >= 15 is 0 Å². The van der Waals surface area contributed by atoms with E-state index in [1.807, 2.05) is 12.1 Å². The van der Waals surface area contributed by atoms with Gasteiger partial charge in [-0.3, -0.25) is 0 Å². The molecule has 0 aliphatic rings. The Kier molecular flexibility index (Phi) is 5.68. The van der Waals surface area contributed by atoms with Crippen LogP contribution in [-0.4, -0.2) is 0 Å². The Morgan fingerprint density at radius 2 is 1.60 bits per heavy atom. The summed E-state index contributed by atoms with van der Waals surface area (Å²) in [6.07, 6.45) is 3.18. The second-order valence-corrected chi connectivity index (χ2v) is 6.58. The Hall–Kier alpha value is -0.790. The van der Waals surface area contributed by atoms with Crippen LogP contribution < -0.4 is 0 Å². The molecule has 0 bridgehead atoms. The van der Waals surface area contributed by atoms with Gasteiger partial charge >= 0.3 is 0 Å². The van der Waals surface area contributed by atoms with Crippen molar-refractivity contribution in [3.8, 4) is 0 Å². The summed E-state index contributed by atoms with van der Waals surface area (Å²) in [6.45, 7) is 4.44. The van der Waals surface area contributed by atoms with Crippen molar-refractivity contribution in [3.63, 3.8) is 0 Å². The van der Waals surface area contributed by atoms with E-state index in [0.29, 0.717) is 4.83 Å². The van der Waals surface area contributed by atoms with Gasteiger partial charge in [-0.25, -0.2) is 0 Å². The van der Waals surface area contributed by atoms with Crippen LogP contribution >= 0.6 is 27.5 Å². The lowest BCUT2D eigenvalue weighted by molar-refractivity contribution is 0.934. The number of rotatable bonds is 5. The fourth-order valence-electron chi connectivity index (χ4n) is 2.46. The first kappa shape index (κ1) is 15.6. The van der Waals surface area contributed by atoms with Crippen molar-refractivity contribution in [3.05, 3.63) is 69.7 Å². The first-order chi connectivity index (χ1) is 9.63. The topological polar surface area (TPSA) is 0 Å². The van der Waals surface area contributed by atoms with Crippen molar-refractivity contribution < 1.29 is 0 Å². The van der Waals surface area contributed by atoms with Gasteiger partial charge in [0, 0.05) is 9.85 Å². The number of aryl methyl sites for hydroxylation is 2. The highest BCUT2D eigenvalue weighted by Crippen LogP contribution is 2.29. The Labute approximate surface area is 135 Å². The SMILES string of the molecule is CCc1ccc(C(Br)Cc2ccc(Cl)cc2)cc1CC. The van der Waals surface area contributed by atoms with Crippen LogP contribution in [0.25, 0.3) is 0 Å². The fourth-order valence-corrected chi connectivity index (χ4v) is 3.24. The van der Waals surface area contributed by atoms with Crippen molar-refractivity contribution in [2.24, 2.45) is 0 Å². The van der Waals surface area contributed by atoms with Crippen molar-refractivity contribution in [1.29, 1.82) is 0 Å². The monoisotopic (exact) mass is 350 g/mol. The van der Waals surface area contributed by atoms with Crippen molar-refractivity contribution in [1.82, 2.24) is 0 Å². The molecule has 0 fully saturated rings. The van der Waals surface area contributed by atoms with E-state index in [1.165, 1.54) is 22.3 Å². The predicted molar refractivity (Wildman–Crippen MR) is 92.0 cm³/mol. The molecule has 2 aromatic carbocycles. The number of benzene rings is 2. The molecule has 0 saturated heterocycles. The van der Waals surface area contributed by atoms with Crippen molar-refractivity contribution in [2.75, 3.05) is 0 Å². The summed E-state index contributed by atoms with van der Waals surface area (Å²) in [5, 5.41) is 0.792. The highest BCUT2D eigenvalue weighted by Gasteiger charge is 2.10. The van der Waals surface area contributed by atoms with Gasteiger partial charge in [-0.1, -0.05) is 71.7 Å². The third kappa shape index (κ3) is 3.86. The molecule has 0 aliphatic carbocycles. The van der Waals surface area contributed by atoms with Crippen LogP contribution in [0, 0.1) is 0 Å². The molecule has 0 heterocycles. The first-order valence-corrected chi connectivity index (χ1v) is 8.43. The maximum atomic E-state index is 5.93. The van der Waals surface area contributed by atoms with Gasteiger partial charge in [-0.05, 0) is 53.6 Å². The number of halogens is 2. The summed E-state index contributed by atoms with van der Waals surface area (Å²) >= 11 is 9.74. The van der Waals surface area contributed by atoms with E-state index in [-0.39, 0.29) is 0 Å². The standard InChI is InChI=1S/C18H20BrCl/c1-3-14-7-8-16(12-15(14)4-2)18(19)11-13-5-9-17(20)10-6-13/h5-10,12,18H,3-4,11H2,1-2H3. The van der Waals surface area contributed by atoms with E-state index in [1.54, 1.807) is 0 Å². The van der Waals surface area contributed by atoms with Crippen LogP contribution in [0.15, 0.2) is 42.5 Å². The van der Waals surface area contributed by atoms with Gasteiger partial charge in [-0.15, -0.1) is 0 Å². The van der Waals surface area contributed by atoms with Gasteiger partial charge < -0.3 is 0 Å². The quantitative estimate of drug-likeness (QED) is 0.567. The highest BCUT2D eigenvalue weighted by atomic mass is 79.9. The van der Waals surface area contributed by atoms with E-state index in [9.17, 15) is 0 Å². The lowest BCUT2D eigenvalue weighted by atomic mass is 9.97. The normalized spacial score (nSPS) is 12.4. The molecule has 2 aromatic rings. The minimum atomic E-state index is 0.347. The first-order valence-electron chi connectivity index (χ1n) is 7.14. The molecule has 20 heavy (non-hydrogen) atoms. The zero-order chi connectivity index (χ0) is 14.5. The second-order valence-electron chi connectivity index (χ2n) is 5.03. The van der Waals surface area contributed by atoms with E-state index < -0.39 is 0 Å². The molecular weight excluding hydrogens is 332 g/mol. The zero-order valence-electron chi connectivity index (χ0n) is 12.0. The molecule has 0 aromatic heterocycles. The smallest absolute Gasteiger partial charge is 0.0435 e. The Balaban J connectivity index is 2.16. The average molecular weight is 352 g/mol. The van der Waals surface area contributed by atoms with Gasteiger partial charge in [0.25, 0.3) is 0 Å². The Bertz CT molecular complexity index is 560. The third-order valence-electron chi connectivity index (χ3n) is 3.68. The van der Waals surface area contributed by atoms with E-state index in [4.69, 9.17) is 11.6 Å². The largest absolute Gasteiger partial charge is 0.0843 e. The zero-order valence-corrected chi connectivity index (χ0v) is 14.3. The molecular formula is C18H20BrCl. The lowest BCUT2D eigenvalue weighted by Gasteiger charge is -2.14. The number of hydrogen-bond acceptors (Lipinski definition) is 0. The maximum Gasteiger partial charge on any atom is 0.0435 e. The number of alkyl halides is 1. The Morgan fingerprint density at radius 1 is 0.950 bits per heavy atom. The summed E-state index contributed by atoms with van der Waals surface area (Å²) in [5.41, 5.74) is 5.58. The molecule has 2 rings (SSSR count). The van der Waals surface area contributed by atoms with Crippen LogP contribution in [0.1, 0.15) is 40.9 Å². The molecule has 0 spiro atoms. The predicted octanol–water partition coefficient (Wildman–Crippen LogP) is 6.14. The Morgan fingerprint density at radius 3 is 2.20 bits per heavy atom. The molecule has 0 amide bonds. The summed E-state index contributed by atoms with van der Waals surface area (Å²) in [5.74, 6) is 0. The summed E-state index contributed by atoms with van der Waals surface area (Å²) in [4.78, 5) is 0.347. The third-order valence-corrected chi connectivity index (χ3v) is 4.79. The van der Waals surface area contributed by atoms with E-state index in [2.05, 4.69) is 60.1 Å². The van der Waals surface area contributed by atoms with Crippen molar-refractivity contribution in [2.45, 2.75) is 37.9 Å². The maximum absolute atomic E-state index is 5.93. The lowest BCUT2D eigenvalue weighted by Crippen LogP contribution is -1.99. The summed E-state index contributed by atoms with van der Waals surface area (Å²) in [6, 6.07) is 14.9. The fraction of sp³-hybridized carbons (Fsp3) is 0.333. The van der Waals surface area contributed by atoms with Crippen LogP contribution in [-0.2, 0) is 19.3 Å². The molecule has 1 atom stereocenters. The second kappa shape index (κ2) is 7.28. The van der Waals surface area contributed by atoms with Crippen LogP contribution in [0.4, 0.5) is 0 Å². The molecule has 0 nitrogen and oxygen atoms in total. The van der Waals surface area contributed by atoms with Gasteiger partial charge in [0.2, 0.25) is 0 Å². The van der Waals surface area contributed by atoms with Gasteiger partial charge in [0.1, 0.15) is 0 Å². The van der Waals surface area contributed by atoms with Gasteiger partial charge in [-0.2, -0.15) is 0 Å². The van der Waals surface area contributed by atoms with Crippen LogP contribution in [0.3, 0.4) is 0 Å². The summed E-state index contributed by atoms with van der Waals surface area (Å²) < 4.78 is 0. The number of hydrogen-bond donors (Lipinski definition) is 0. The molecule has 0 N–H and O–H groups in total. The van der Waals surface area contributed by atoms with Gasteiger partial charge in [0.05, 0.1) is 0 Å².